The van der Waals surface area contributed by atoms with Crippen LogP contribution in [-0.2, 0) is 11.2 Å². The number of carbonyl (C=O) groups excluding carboxylic acids is 1. The number of hydrogen-bond acceptors (Lipinski definition) is 3. The molecule has 6 atom stereocenters. The van der Waals surface area contributed by atoms with Crippen LogP contribution in [0.5, 0.6) is 5.75 Å². The van der Waals surface area contributed by atoms with Crippen LogP contribution in [0, 0.1) is 23.2 Å². The van der Waals surface area contributed by atoms with Gasteiger partial charge in [0, 0.05) is 24.2 Å². The van der Waals surface area contributed by atoms with E-state index in [0.29, 0.717) is 25.7 Å². The Morgan fingerprint density at radius 3 is 2.31 bits per heavy atom. The summed E-state index contributed by atoms with van der Waals surface area (Å²) in [7, 11) is 2.04. The number of phenols is 1. The molecule has 0 aliphatic heterocycles. The van der Waals surface area contributed by atoms with E-state index in [0.717, 1.165) is 75.6 Å². The van der Waals surface area contributed by atoms with Gasteiger partial charge in [0.15, 0.2) is 0 Å². The maximum atomic E-state index is 15.8. The molecule has 3 aliphatic rings. The zero-order valence-electron chi connectivity index (χ0n) is 25.0. The first kappa shape index (κ1) is 33.1. The lowest BCUT2D eigenvalue weighted by molar-refractivity contribution is -0.284. The van der Waals surface area contributed by atoms with Crippen LogP contribution in [0.25, 0.3) is 0 Å². The molecule has 0 radical (unpaired) electrons. The Morgan fingerprint density at radius 1 is 0.976 bits per heavy atom. The van der Waals surface area contributed by atoms with E-state index in [4.69, 9.17) is 0 Å². The Bertz CT molecular complexity index is 1060. The van der Waals surface area contributed by atoms with E-state index in [9.17, 15) is 31.9 Å². The third-order valence-corrected chi connectivity index (χ3v) is 10.6. The quantitative estimate of drug-likeness (QED) is 0.170. The van der Waals surface area contributed by atoms with Gasteiger partial charge in [0.05, 0.1) is 0 Å². The normalized spacial score (nSPS) is 29.5. The first-order chi connectivity index (χ1) is 19.7. The van der Waals surface area contributed by atoms with Crippen LogP contribution in [0.2, 0.25) is 0 Å². The molecular formula is C33H47F6NO2. The van der Waals surface area contributed by atoms with Crippen LogP contribution in [0.4, 0.5) is 26.3 Å². The van der Waals surface area contributed by atoms with Gasteiger partial charge in [-0.05, 0) is 106 Å². The van der Waals surface area contributed by atoms with Gasteiger partial charge in [-0.15, -0.1) is 0 Å². The Kier molecular flexibility index (Phi) is 10.6. The fourth-order valence-corrected chi connectivity index (χ4v) is 8.31. The standard InChI is InChI=1S/C33H47F6NO2/c1-31-21-27(34)30-25-13-12-24(41)20-23(25)19-22(29(30)26(31)14-15-28(31)42)11-7-6-10-18-40(2)17-9-5-3-4-8-16-32(35,36)33(37,38)39/h12-13,20,22,26-27,29-30,41H,3-11,14-19,21H2,1-2H3/t22-,26+,27+,29+,30+,31+/m1/s1. The van der Waals surface area contributed by atoms with Crippen molar-refractivity contribution < 1.29 is 36.2 Å². The third kappa shape index (κ3) is 7.29. The summed E-state index contributed by atoms with van der Waals surface area (Å²) in [6, 6.07) is 5.35. The summed E-state index contributed by atoms with van der Waals surface area (Å²) in [5.41, 5.74) is 1.50. The average molecular weight is 604 g/mol. The molecule has 3 aliphatic carbocycles. The zero-order chi connectivity index (χ0) is 30.7. The molecule has 1 aromatic rings. The van der Waals surface area contributed by atoms with Crippen molar-refractivity contribution in [3.63, 3.8) is 0 Å². The largest absolute Gasteiger partial charge is 0.508 e. The Hall–Kier alpha value is -1.77. The van der Waals surface area contributed by atoms with E-state index in [1.807, 2.05) is 20.0 Å². The number of alkyl halides is 6. The van der Waals surface area contributed by atoms with Crippen molar-refractivity contribution in [1.82, 2.24) is 4.90 Å². The molecular weight excluding hydrogens is 556 g/mol. The number of carbonyl (C=O) groups is 1. The maximum absolute atomic E-state index is 15.8. The van der Waals surface area contributed by atoms with Crippen molar-refractivity contribution in [2.75, 3.05) is 20.1 Å². The number of benzene rings is 1. The van der Waals surface area contributed by atoms with Crippen molar-refractivity contribution in [2.45, 2.75) is 121 Å². The van der Waals surface area contributed by atoms with Crippen LogP contribution in [0.1, 0.15) is 107 Å². The number of halogens is 6. The molecule has 1 N–H and O–H groups in total. The zero-order valence-corrected chi connectivity index (χ0v) is 25.0. The van der Waals surface area contributed by atoms with Gasteiger partial charge in [0.25, 0.3) is 0 Å². The molecule has 42 heavy (non-hydrogen) atoms. The first-order valence-corrected chi connectivity index (χ1v) is 15.9. The molecule has 1 aromatic carbocycles. The molecule has 9 heteroatoms. The summed E-state index contributed by atoms with van der Waals surface area (Å²) in [5.74, 6) is -3.74. The number of aromatic hydroxyl groups is 1. The molecule has 2 fully saturated rings. The van der Waals surface area contributed by atoms with Crippen molar-refractivity contribution in [3.8, 4) is 5.75 Å². The third-order valence-electron chi connectivity index (χ3n) is 10.6. The van der Waals surface area contributed by atoms with Gasteiger partial charge in [0.2, 0.25) is 0 Å². The van der Waals surface area contributed by atoms with E-state index in [2.05, 4.69) is 4.90 Å². The number of fused-ring (bicyclic) bond motifs is 5. The van der Waals surface area contributed by atoms with Gasteiger partial charge in [-0.2, -0.15) is 22.0 Å². The van der Waals surface area contributed by atoms with Gasteiger partial charge in [-0.1, -0.05) is 45.1 Å². The molecule has 238 valence electrons. The molecule has 0 bridgehead atoms. The van der Waals surface area contributed by atoms with Crippen molar-refractivity contribution in [2.24, 2.45) is 23.2 Å². The highest BCUT2D eigenvalue weighted by Crippen LogP contribution is 2.62. The van der Waals surface area contributed by atoms with E-state index in [-0.39, 0.29) is 41.6 Å². The average Bonchev–Trinajstić information content (AvgIpc) is 3.20. The van der Waals surface area contributed by atoms with E-state index in [1.54, 1.807) is 12.1 Å². The van der Waals surface area contributed by atoms with Gasteiger partial charge in [0.1, 0.15) is 17.7 Å². The molecule has 2 saturated carbocycles. The summed E-state index contributed by atoms with van der Waals surface area (Å²) in [6.45, 7) is 3.77. The van der Waals surface area contributed by atoms with Gasteiger partial charge in [-0.25, -0.2) is 4.39 Å². The summed E-state index contributed by atoms with van der Waals surface area (Å²) in [5, 5.41) is 10.1. The van der Waals surface area contributed by atoms with Crippen LogP contribution in [-0.4, -0.2) is 54.2 Å². The minimum Gasteiger partial charge on any atom is -0.508 e. The van der Waals surface area contributed by atoms with Crippen LogP contribution in [0.3, 0.4) is 0 Å². The van der Waals surface area contributed by atoms with Crippen LogP contribution < -0.4 is 0 Å². The summed E-state index contributed by atoms with van der Waals surface area (Å²) >= 11 is 0. The number of Topliss-reactive ketones (excluding diaryl/α,β-unsaturated/α-hetero) is 1. The highest BCUT2D eigenvalue weighted by molar-refractivity contribution is 5.87. The van der Waals surface area contributed by atoms with E-state index in [1.165, 1.54) is 0 Å². The van der Waals surface area contributed by atoms with Crippen molar-refractivity contribution in [1.29, 1.82) is 0 Å². The first-order valence-electron chi connectivity index (χ1n) is 15.9. The number of phenolic OH excluding ortho intramolecular Hbond substituents is 1. The highest BCUT2D eigenvalue weighted by Gasteiger charge is 2.60. The lowest BCUT2D eigenvalue weighted by Gasteiger charge is -2.53. The molecule has 0 amide bonds. The molecule has 0 spiro atoms. The lowest BCUT2D eigenvalue weighted by Crippen LogP contribution is -2.50. The number of rotatable bonds is 14. The Labute approximate surface area is 246 Å². The molecule has 0 aromatic heterocycles. The fraction of sp³-hybridized carbons (Fsp3) is 0.788. The van der Waals surface area contributed by atoms with Crippen LogP contribution in [0.15, 0.2) is 18.2 Å². The van der Waals surface area contributed by atoms with Gasteiger partial charge >= 0.3 is 12.1 Å². The van der Waals surface area contributed by atoms with E-state index >= 15 is 4.39 Å². The molecule has 0 unspecified atom stereocenters. The number of ketones is 1. The molecule has 0 saturated heterocycles. The molecule has 4 rings (SSSR count). The second kappa shape index (κ2) is 13.5. The number of hydrogen-bond donors (Lipinski definition) is 1. The fourth-order valence-electron chi connectivity index (χ4n) is 8.31. The van der Waals surface area contributed by atoms with Crippen LogP contribution >= 0.6 is 0 Å². The van der Waals surface area contributed by atoms with Gasteiger partial charge in [-0.3, -0.25) is 4.79 Å². The lowest BCUT2D eigenvalue weighted by atomic mass is 9.51. The second-order valence-electron chi connectivity index (χ2n) is 13.5. The Morgan fingerprint density at radius 2 is 1.62 bits per heavy atom. The topological polar surface area (TPSA) is 40.5 Å². The minimum atomic E-state index is -5.46. The monoisotopic (exact) mass is 603 g/mol. The SMILES string of the molecule is CN(CCCCCCCC(F)(F)C(F)(F)F)CCCCC[C@@H]1Cc2cc(O)ccc2[C@@H]2[C@@H]1[C@@H]1CCC(=O)[C@@]1(C)C[C@@H]2F. The highest BCUT2D eigenvalue weighted by atomic mass is 19.4. The summed E-state index contributed by atoms with van der Waals surface area (Å²) in [6.07, 6.45) is 1.49. The summed E-state index contributed by atoms with van der Waals surface area (Å²) < 4.78 is 78.5. The maximum Gasteiger partial charge on any atom is 0.453 e. The van der Waals surface area contributed by atoms with Crippen molar-refractivity contribution >= 4 is 5.78 Å². The molecule has 3 nitrogen and oxygen atoms in total. The predicted molar refractivity (Wildman–Crippen MR) is 152 cm³/mol. The minimum absolute atomic E-state index is 0.125. The smallest absolute Gasteiger partial charge is 0.453 e. The van der Waals surface area contributed by atoms with Crippen molar-refractivity contribution in [3.05, 3.63) is 29.3 Å². The van der Waals surface area contributed by atoms with E-state index < -0.39 is 30.1 Å². The number of unbranched alkanes of at least 4 members (excludes halogenated alkanes) is 6. The molecule has 0 heterocycles. The summed E-state index contributed by atoms with van der Waals surface area (Å²) in [4.78, 5) is 15.1. The number of nitrogens with zero attached hydrogens (tertiary/aromatic N) is 1. The van der Waals surface area contributed by atoms with Gasteiger partial charge < -0.3 is 10.0 Å². The second-order valence-corrected chi connectivity index (χ2v) is 13.5. The predicted octanol–water partition coefficient (Wildman–Crippen LogP) is 9.02. The Balaban J connectivity index is 1.19.